The molecular weight excluding hydrogens is 464 g/mol. The Kier molecular flexibility index (Phi) is 5.73. The second-order valence-corrected chi connectivity index (χ2v) is 8.88. The molecule has 0 fully saturated rings. The number of nitrogens with zero attached hydrogens (tertiary/aromatic N) is 1. The van der Waals surface area contributed by atoms with Gasteiger partial charge in [-0.05, 0) is 48.4 Å². The van der Waals surface area contributed by atoms with Gasteiger partial charge in [-0.25, -0.2) is 4.98 Å². The number of fused-ring (bicyclic) bond motifs is 4. The summed E-state index contributed by atoms with van der Waals surface area (Å²) in [6.07, 6.45) is 2.71. The van der Waals surface area contributed by atoms with E-state index >= 15 is 0 Å². The number of aromatic amines is 2. The third-order valence-corrected chi connectivity index (χ3v) is 6.75. The first kappa shape index (κ1) is 22.7. The van der Waals surface area contributed by atoms with Gasteiger partial charge in [0.15, 0.2) is 0 Å². The Morgan fingerprint density at radius 3 is 2.49 bits per heavy atom. The minimum Gasteiger partial charge on any atom is -0.497 e. The van der Waals surface area contributed by atoms with Crippen LogP contribution in [0.25, 0.3) is 44.0 Å². The number of hydrogen-bond donors (Lipinski definition) is 3. The molecule has 7 nitrogen and oxygen atoms in total. The van der Waals surface area contributed by atoms with Crippen molar-refractivity contribution < 1.29 is 14.3 Å². The molecule has 0 radical (unpaired) electrons. The summed E-state index contributed by atoms with van der Waals surface area (Å²) in [5.74, 6) is 1.09. The van der Waals surface area contributed by atoms with Crippen LogP contribution in [0.3, 0.4) is 0 Å². The summed E-state index contributed by atoms with van der Waals surface area (Å²) in [7, 11) is 3.24. The van der Waals surface area contributed by atoms with Crippen molar-refractivity contribution in [2.24, 2.45) is 0 Å². The number of pyridine rings is 1. The topological polar surface area (TPSA) is 92.0 Å². The SMILES string of the molecule is COc1ccc(OC)c(-c2nc(C(=O)NCCc3c[nH]c4ccccc34)cc3c2[nH]c2ccccc23)c1. The molecule has 6 rings (SSSR count). The first-order valence-electron chi connectivity index (χ1n) is 12.1. The molecule has 0 atom stereocenters. The van der Waals surface area contributed by atoms with E-state index in [1.54, 1.807) is 14.2 Å². The summed E-state index contributed by atoms with van der Waals surface area (Å²) in [4.78, 5) is 25.0. The highest BCUT2D eigenvalue weighted by molar-refractivity contribution is 6.13. The van der Waals surface area contributed by atoms with Gasteiger partial charge in [-0.2, -0.15) is 0 Å². The third kappa shape index (κ3) is 4.04. The van der Waals surface area contributed by atoms with E-state index in [-0.39, 0.29) is 5.91 Å². The van der Waals surface area contributed by atoms with Crippen molar-refractivity contribution in [2.75, 3.05) is 20.8 Å². The lowest BCUT2D eigenvalue weighted by atomic mass is 10.0. The molecule has 3 N–H and O–H groups in total. The molecular formula is C30H26N4O3. The Hall–Kier alpha value is -4.78. The molecule has 37 heavy (non-hydrogen) atoms. The van der Waals surface area contributed by atoms with Crippen molar-refractivity contribution in [3.8, 4) is 22.8 Å². The van der Waals surface area contributed by atoms with Crippen molar-refractivity contribution in [1.29, 1.82) is 0 Å². The lowest BCUT2D eigenvalue weighted by Crippen LogP contribution is -2.26. The number of nitrogens with one attached hydrogen (secondary N) is 3. The summed E-state index contributed by atoms with van der Waals surface area (Å²) in [6, 6.07) is 23.6. The van der Waals surface area contributed by atoms with Crippen LogP contribution in [0.2, 0.25) is 0 Å². The average Bonchev–Trinajstić information content (AvgIpc) is 3.53. The summed E-state index contributed by atoms with van der Waals surface area (Å²) in [6.45, 7) is 0.492. The van der Waals surface area contributed by atoms with Gasteiger partial charge in [0.05, 0.1) is 25.4 Å². The molecule has 0 aliphatic rings. The van der Waals surface area contributed by atoms with Gasteiger partial charge in [-0.1, -0.05) is 36.4 Å². The van der Waals surface area contributed by atoms with Crippen LogP contribution in [-0.4, -0.2) is 41.6 Å². The van der Waals surface area contributed by atoms with Crippen LogP contribution in [0, 0.1) is 0 Å². The first-order chi connectivity index (χ1) is 18.2. The maximum absolute atomic E-state index is 13.4. The highest BCUT2D eigenvalue weighted by Crippen LogP contribution is 2.38. The molecule has 3 aromatic carbocycles. The predicted molar refractivity (Wildman–Crippen MR) is 146 cm³/mol. The van der Waals surface area contributed by atoms with Gasteiger partial charge < -0.3 is 24.8 Å². The Labute approximate surface area is 213 Å². The lowest BCUT2D eigenvalue weighted by Gasteiger charge is -2.13. The van der Waals surface area contributed by atoms with Crippen molar-refractivity contribution in [3.05, 3.63) is 90.3 Å². The van der Waals surface area contributed by atoms with Crippen molar-refractivity contribution >= 4 is 38.6 Å². The van der Waals surface area contributed by atoms with Crippen LogP contribution >= 0.6 is 0 Å². The average molecular weight is 491 g/mol. The number of H-pyrrole nitrogens is 2. The van der Waals surface area contributed by atoms with Crippen molar-refractivity contribution in [3.63, 3.8) is 0 Å². The summed E-state index contributed by atoms with van der Waals surface area (Å²) >= 11 is 0. The van der Waals surface area contributed by atoms with Crippen LogP contribution in [0.1, 0.15) is 16.1 Å². The van der Waals surface area contributed by atoms with E-state index in [9.17, 15) is 4.79 Å². The van der Waals surface area contributed by atoms with Crippen LogP contribution in [0.4, 0.5) is 0 Å². The van der Waals surface area contributed by atoms with Gasteiger partial charge >= 0.3 is 0 Å². The largest absolute Gasteiger partial charge is 0.497 e. The second-order valence-electron chi connectivity index (χ2n) is 8.88. The molecule has 1 amide bonds. The molecule has 0 saturated heterocycles. The van der Waals surface area contributed by atoms with Crippen molar-refractivity contribution in [1.82, 2.24) is 20.3 Å². The minimum absolute atomic E-state index is 0.227. The molecule has 0 bridgehead atoms. The highest BCUT2D eigenvalue weighted by atomic mass is 16.5. The van der Waals surface area contributed by atoms with Crippen LogP contribution in [0.5, 0.6) is 11.5 Å². The molecule has 3 aromatic heterocycles. The maximum Gasteiger partial charge on any atom is 0.269 e. The fourth-order valence-electron chi connectivity index (χ4n) is 4.90. The number of hydrogen-bond acceptors (Lipinski definition) is 4. The van der Waals surface area contributed by atoms with Crippen LogP contribution in [-0.2, 0) is 6.42 Å². The first-order valence-corrected chi connectivity index (χ1v) is 12.1. The Morgan fingerprint density at radius 1 is 0.892 bits per heavy atom. The van der Waals surface area contributed by atoms with Gasteiger partial charge in [-0.15, -0.1) is 0 Å². The number of methoxy groups -OCH3 is 2. The number of para-hydroxylation sites is 2. The Balaban J connectivity index is 1.39. The van der Waals surface area contributed by atoms with Gasteiger partial charge in [0.2, 0.25) is 0 Å². The molecule has 0 saturated carbocycles. The number of amides is 1. The Morgan fingerprint density at radius 2 is 1.68 bits per heavy atom. The number of carbonyl (C=O) groups excluding carboxylic acids is 1. The zero-order chi connectivity index (χ0) is 25.4. The fraction of sp³-hybridized carbons (Fsp3) is 0.133. The minimum atomic E-state index is -0.227. The molecule has 0 aliphatic heterocycles. The molecule has 6 aromatic rings. The number of ether oxygens (including phenoxy) is 2. The molecule has 0 aliphatic carbocycles. The quantitative estimate of drug-likeness (QED) is 0.262. The van der Waals surface area contributed by atoms with Gasteiger partial charge in [0.25, 0.3) is 5.91 Å². The van der Waals surface area contributed by atoms with Crippen LogP contribution in [0.15, 0.2) is 79.0 Å². The van der Waals surface area contributed by atoms with E-state index < -0.39 is 0 Å². The van der Waals surface area contributed by atoms with Crippen molar-refractivity contribution in [2.45, 2.75) is 6.42 Å². The number of carbonyl (C=O) groups is 1. The molecule has 184 valence electrons. The zero-order valence-corrected chi connectivity index (χ0v) is 20.6. The van der Waals surface area contributed by atoms with E-state index in [1.165, 1.54) is 5.39 Å². The van der Waals surface area contributed by atoms with E-state index in [0.717, 1.165) is 38.4 Å². The standard InChI is InChI=1S/C30H26N4O3/c1-36-19-11-12-27(37-2)23(15-19)29-28-22(21-8-4-6-10-25(21)33-28)16-26(34-29)30(35)31-14-13-18-17-32-24-9-5-3-7-20(18)24/h3-12,15-17,32-33H,13-14H2,1-2H3,(H,31,35). The van der Waals surface area contributed by atoms with E-state index in [2.05, 4.69) is 21.4 Å². The number of aromatic nitrogens is 3. The second kappa shape index (κ2) is 9.35. The van der Waals surface area contributed by atoms with E-state index in [0.29, 0.717) is 35.9 Å². The molecule has 3 heterocycles. The van der Waals surface area contributed by atoms with E-state index in [4.69, 9.17) is 14.5 Å². The lowest BCUT2D eigenvalue weighted by molar-refractivity contribution is 0.0949. The summed E-state index contributed by atoms with van der Waals surface area (Å²) < 4.78 is 11.1. The summed E-state index contributed by atoms with van der Waals surface area (Å²) in [5.41, 5.74) is 5.78. The monoisotopic (exact) mass is 490 g/mol. The van der Waals surface area contributed by atoms with Gasteiger partial charge in [0, 0.05) is 45.5 Å². The number of rotatable bonds is 7. The molecule has 0 spiro atoms. The predicted octanol–water partition coefficient (Wildman–Crippen LogP) is 5.85. The van der Waals surface area contributed by atoms with Gasteiger partial charge in [-0.3, -0.25) is 4.79 Å². The fourth-order valence-corrected chi connectivity index (χ4v) is 4.90. The third-order valence-electron chi connectivity index (χ3n) is 6.75. The summed E-state index contributed by atoms with van der Waals surface area (Å²) in [5, 5.41) is 6.17. The highest BCUT2D eigenvalue weighted by Gasteiger charge is 2.20. The Bertz CT molecular complexity index is 1770. The smallest absolute Gasteiger partial charge is 0.269 e. The molecule has 0 unspecified atom stereocenters. The van der Waals surface area contributed by atoms with Crippen LogP contribution < -0.4 is 14.8 Å². The normalized spacial score (nSPS) is 11.3. The zero-order valence-electron chi connectivity index (χ0n) is 20.6. The molecule has 7 heteroatoms. The number of benzene rings is 3. The van der Waals surface area contributed by atoms with E-state index in [1.807, 2.05) is 72.9 Å². The van der Waals surface area contributed by atoms with Gasteiger partial charge in [0.1, 0.15) is 17.2 Å². The maximum atomic E-state index is 13.4.